The second kappa shape index (κ2) is 6.80. The van der Waals surface area contributed by atoms with E-state index in [1.54, 1.807) is 0 Å². The number of rotatable bonds is 5. The average molecular weight is 323 g/mol. The van der Waals surface area contributed by atoms with E-state index in [0.717, 1.165) is 28.4 Å². The first-order chi connectivity index (χ1) is 10.9. The van der Waals surface area contributed by atoms with Crippen LogP contribution in [0, 0.1) is 5.41 Å². The van der Waals surface area contributed by atoms with Gasteiger partial charge in [0.05, 0.1) is 5.41 Å². The van der Waals surface area contributed by atoms with Gasteiger partial charge in [0, 0.05) is 25.9 Å². The number of hydrogen-bond acceptors (Lipinski definition) is 4. The quantitative estimate of drug-likeness (QED) is 0.773. The Morgan fingerprint density at radius 1 is 1.26 bits per heavy atom. The number of carboxylic acid groups (broad SMARTS) is 1. The van der Waals surface area contributed by atoms with Crippen molar-refractivity contribution in [1.82, 2.24) is 14.5 Å². The van der Waals surface area contributed by atoms with Gasteiger partial charge in [0.1, 0.15) is 6.54 Å². The molecular formula is C15H21N3O5. The molecule has 1 fully saturated rings. The summed E-state index contributed by atoms with van der Waals surface area (Å²) in [5.74, 6) is -1.34. The van der Waals surface area contributed by atoms with Gasteiger partial charge in [-0.25, -0.2) is 4.79 Å². The predicted octanol–water partition coefficient (Wildman–Crippen LogP) is -0.302. The lowest BCUT2D eigenvalue weighted by Crippen LogP contribution is -2.46. The Bertz CT molecular complexity index is 713. The molecular weight excluding hydrogens is 302 g/mol. The van der Waals surface area contributed by atoms with Crippen LogP contribution in [0.25, 0.3) is 0 Å². The predicted molar refractivity (Wildman–Crippen MR) is 82.1 cm³/mol. The van der Waals surface area contributed by atoms with Crippen molar-refractivity contribution in [3.63, 3.8) is 0 Å². The van der Waals surface area contributed by atoms with Gasteiger partial charge in [-0.05, 0) is 12.8 Å². The Morgan fingerprint density at radius 3 is 2.52 bits per heavy atom. The van der Waals surface area contributed by atoms with Gasteiger partial charge in [-0.1, -0.05) is 19.3 Å². The smallest absolute Gasteiger partial charge is 0.331 e. The molecule has 0 aliphatic heterocycles. The number of carbonyl (C=O) groups excluding carboxylic acids is 1. The zero-order valence-corrected chi connectivity index (χ0v) is 13.1. The molecule has 8 heteroatoms. The highest BCUT2D eigenvalue weighted by Crippen LogP contribution is 2.35. The highest BCUT2D eigenvalue weighted by molar-refractivity contribution is 5.79. The van der Waals surface area contributed by atoms with Crippen LogP contribution in [0.2, 0.25) is 0 Å². The van der Waals surface area contributed by atoms with Gasteiger partial charge in [-0.3, -0.25) is 23.5 Å². The lowest BCUT2D eigenvalue weighted by Gasteiger charge is -2.33. The standard InChI is InChI=1S/C15H21N3O5/c1-17-12(20)5-8-18(14(17)23)9-11(19)16-10-15(13(21)22)6-3-2-4-7-15/h5,8H,2-4,6-7,9-10H2,1H3,(H,16,19)(H,21,22). The molecule has 2 rings (SSSR count). The Kier molecular flexibility index (Phi) is 5.02. The molecule has 0 unspecified atom stereocenters. The van der Waals surface area contributed by atoms with Gasteiger partial charge in [0.25, 0.3) is 5.56 Å². The molecule has 0 atom stereocenters. The summed E-state index contributed by atoms with van der Waals surface area (Å²) in [5, 5.41) is 12.1. The summed E-state index contributed by atoms with van der Waals surface area (Å²) in [4.78, 5) is 46.7. The molecule has 126 valence electrons. The van der Waals surface area contributed by atoms with Gasteiger partial charge in [0.15, 0.2) is 0 Å². The fourth-order valence-corrected chi connectivity index (χ4v) is 2.91. The van der Waals surface area contributed by atoms with Gasteiger partial charge in [-0.2, -0.15) is 0 Å². The Labute approximate surface area is 132 Å². The molecule has 8 nitrogen and oxygen atoms in total. The molecule has 0 saturated heterocycles. The minimum Gasteiger partial charge on any atom is -0.481 e. The topological polar surface area (TPSA) is 110 Å². The minimum absolute atomic E-state index is 0.0572. The van der Waals surface area contributed by atoms with Crippen molar-refractivity contribution >= 4 is 11.9 Å². The Hall–Kier alpha value is -2.38. The molecule has 0 radical (unpaired) electrons. The van der Waals surface area contributed by atoms with Crippen molar-refractivity contribution in [2.24, 2.45) is 12.5 Å². The third-order valence-electron chi connectivity index (χ3n) is 4.46. The monoisotopic (exact) mass is 323 g/mol. The number of carboxylic acids is 1. The maximum Gasteiger partial charge on any atom is 0.331 e. The highest BCUT2D eigenvalue weighted by Gasteiger charge is 2.39. The highest BCUT2D eigenvalue weighted by atomic mass is 16.4. The number of aliphatic carboxylic acids is 1. The zero-order chi connectivity index (χ0) is 17.0. The van der Waals surface area contributed by atoms with Crippen molar-refractivity contribution in [1.29, 1.82) is 0 Å². The summed E-state index contributed by atoms with van der Waals surface area (Å²) in [5.41, 5.74) is -1.94. The van der Waals surface area contributed by atoms with E-state index in [-0.39, 0.29) is 13.1 Å². The van der Waals surface area contributed by atoms with Gasteiger partial charge in [-0.15, -0.1) is 0 Å². The molecule has 1 saturated carbocycles. The van der Waals surface area contributed by atoms with Gasteiger partial charge in [0.2, 0.25) is 5.91 Å². The molecule has 1 aromatic heterocycles. The van der Waals surface area contributed by atoms with Crippen LogP contribution in [0.4, 0.5) is 0 Å². The van der Waals surface area contributed by atoms with E-state index in [9.17, 15) is 24.3 Å². The number of amides is 1. The molecule has 0 bridgehead atoms. The number of carbonyl (C=O) groups is 2. The Morgan fingerprint density at radius 2 is 1.91 bits per heavy atom. The van der Waals surface area contributed by atoms with E-state index in [2.05, 4.69) is 5.32 Å². The van der Waals surface area contributed by atoms with E-state index < -0.39 is 28.5 Å². The van der Waals surface area contributed by atoms with Gasteiger partial charge >= 0.3 is 11.7 Å². The molecule has 1 aliphatic carbocycles. The summed E-state index contributed by atoms with van der Waals surface area (Å²) in [6.45, 7) is -0.190. The molecule has 1 heterocycles. The number of hydrogen-bond donors (Lipinski definition) is 2. The van der Waals surface area contributed by atoms with Crippen LogP contribution >= 0.6 is 0 Å². The van der Waals surface area contributed by atoms with Crippen molar-refractivity contribution in [2.45, 2.75) is 38.6 Å². The normalized spacial score (nSPS) is 16.7. The summed E-state index contributed by atoms with van der Waals surface area (Å²) >= 11 is 0. The SMILES string of the molecule is Cn1c(=O)ccn(CC(=O)NCC2(C(=O)O)CCCCC2)c1=O. The van der Waals surface area contributed by atoms with E-state index in [1.165, 1.54) is 19.3 Å². The summed E-state index contributed by atoms with van der Waals surface area (Å²) in [7, 11) is 1.33. The lowest BCUT2D eigenvalue weighted by atomic mass is 9.74. The van der Waals surface area contributed by atoms with Crippen LogP contribution in [-0.2, 0) is 23.2 Å². The van der Waals surface area contributed by atoms with Crippen LogP contribution in [0.1, 0.15) is 32.1 Å². The molecule has 1 amide bonds. The van der Waals surface area contributed by atoms with Crippen molar-refractivity contribution in [3.8, 4) is 0 Å². The molecule has 2 N–H and O–H groups in total. The van der Waals surface area contributed by atoms with E-state index in [1.807, 2.05) is 0 Å². The van der Waals surface area contributed by atoms with Crippen LogP contribution in [-0.4, -0.2) is 32.7 Å². The minimum atomic E-state index is -0.914. The molecule has 0 spiro atoms. The van der Waals surface area contributed by atoms with Crippen molar-refractivity contribution < 1.29 is 14.7 Å². The summed E-state index contributed by atoms with van der Waals surface area (Å²) < 4.78 is 2.03. The van der Waals surface area contributed by atoms with Crippen LogP contribution in [0.3, 0.4) is 0 Å². The van der Waals surface area contributed by atoms with Crippen molar-refractivity contribution in [2.75, 3.05) is 6.54 Å². The van der Waals surface area contributed by atoms with E-state index >= 15 is 0 Å². The third kappa shape index (κ3) is 3.69. The second-order valence-corrected chi connectivity index (χ2v) is 6.05. The number of aromatic nitrogens is 2. The first-order valence-electron chi connectivity index (χ1n) is 7.62. The van der Waals surface area contributed by atoms with E-state index in [4.69, 9.17) is 0 Å². The maximum absolute atomic E-state index is 12.0. The van der Waals surface area contributed by atoms with Crippen LogP contribution in [0.15, 0.2) is 21.9 Å². The Balaban J connectivity index is 2.02. The lowest BCUT2D eigenvalue weighted by molar-refractivity contribution is -0.151. The largest absolute Gasteiger partial charge is 0.481 e. The number of nitrogens with zero attached hydrogens (tertiary/aromatic N) is 2. The fraction of sp³-hybridized carbons (Fsp3) is 0.600. The maximum atomic E-state index is 12.0. The third-order valence-corrected chi connectivity index (χ3v) is 4.46. The summed E-state index contributed by atoms with van der Waals surface area (Å²) in [6, 6.07) is 1.20. The van der Waals surface area contributed by atoms with Crippen molar-refractivity contribution in [3.05, 3.63) is 33.1 Å². The summed E-state index contributed by atoms with van der Waals surface area (Å²) in [6.07, 6.45) is 5.03. The average Bonchev–Trinajstić information content (AvgIpc) is 2.54. The molecule has 23 heavy (non-hydrogen) atoms. The fourth-order valence-electron chi connectivity index (χ4n) is 2.91. The van der Waals surface area contributed by atoms with E-state index in [0.29, 0.717) is 12.8 Å². The molecule has 1 aliphatic rings. The van der Waals surface area contributed by atoms with Crippen LogP contribution in [0.5, 0.6) is 0 Å². The zero-order valence-electron chi connectivity index (χ0n) is 13.1. The van der Waals surface area contributed by atoms with Gasteiger partial charge < -0.3 is 10.4 Å². The second-order valence-electron chi connectivity index (χ2n) is 6.05. The number of nitrogens with one attached hydrogen (secondary N) is 1. The molecule has 1 aromatic rings. The first-order valence-corrected chi connectivity index (χ1v) is 7.62. The van der Waals surface area contributed by atoms with Crippen LogP contribution < -0.4 is 16.6 Å². The molecule has 0 aromatic carbocycles. The first kappa shape index (κ1) is 17.0.